The van der Waals surface area contributed by atoms with Crippen molar-refractivity contribution in [3.8, 4) is 11.5 Å². The molecule has 116 valence electrons. The third-order valence-corrected chi connectivity index (χ3v) is 3.19. The van der Waals surface area contributed by atoms with Gasteiger partial charge >= 0.3 is 0 Å². The van der Waals surface area contributed by atoms with E-state index in [9.17, 15) is 10.0 Å². The van der Waals surface area contributed by atoms with Crippen molar-refractivity contribution in [3.63, 3.8) is 0 Å². The van der Waals surface area contributed by atoms with Crippen LogP contribution in [0.1, 0.15) is 5.56 Å². The number of carbonyl (C=O) groups excluding carboxylic acids is 1. The van der Waals surface area contributed by atoms with Crippen LogP contribution in [0.4, 0.5) is 0 Å². The maximum Gasteiger partial charge on any atom is 0.258 e. The molecule has 1 heterocycles. The maximum atomic E-state index is 12.1. The van der Waals surface area contributed by atoms with E-state index in [2.05, 4.69) is 11.9 Å². The molecule has 0 saturated carbocycles. The van der Waals surface area contributed by atoms with Gasteiger partial charge in [-0.2, -0.15) is 0 Å². The Bertz CT molecular complexity index is 640. The average molecular weight is 323 g/mol. The molecule has 7 heteroatoms. The van der Waals surface area contributed by atoms with E-state index in [0.717, 1.165) is 5.56 Å². The highest BCUT2D eigenvalue weighted by Gasteiger charge is 2.15. The van der Waals surface area contributed by atoms with Crippen LogP contribution < -0.4 is 20.3 Å². The molecule has 0 saturated heterocycles. The topological polar surface area (TPSA) is 87.2 Å². The van der Waals surface area contributed by atoms with Gasteiger partial charge in [-0.25, -0.2) is 0 Å². The Hall–Kier alpha value is -2.28. The molecule has 1 aliphatic rings. The second kappa shape index (κ2) is 7.65. The van der Waals surface area contributed by atoms with Crippen molar-refractivity contribution in [2.24, 2.45) is 0 Å². The highest BCUT2D eigenvalue weighted by atomic mass is 35.5. The third-order valence-electron chi connectivity index (χ3n) is 2.89. The number of hydrogen-bond acceptors (Lipinski definition) is 4. The molecule has 22 heavy (non-hydrogen) atoms. The second-order valence-electron chi connectivity index (χ2n) is 4.34. The molecule has 1 aromatic rings. The number of halogens is 1. The van der Waals surface area contributed by atoms with Gasteiger partial charge in [-0.1, -0.05) is 24.8 Å². The first-order valence-corrected chi connectivity index (χ1v) is 6.84. The van der Waals surface area contributed by atoms with Crippen LogP contribution in [0.25, 0.3) is 0 Å². The number of allylic oxidation sites excluding steroid dienone is 2. The smallest absolute Gasteiger partial charge is 0.258 e. The van der Waals surface area contributed by atoms with Gasteiger partial charge in [0.2, 0.25) is 11.9 Å². The Labute approximate surface area is 132 Å². The van der Waals surface area contributed by atoms with Gasteiger partial charge in [0.15, 0.2) is 11.5 Å². The van der Waals surface area contributed by atoms with Crippen molar-refractivity contribution in [2.75, 3.05) is 6.79 Å². The molecule has 0 bridgehead atoms. The molecular formula is C15H15ClN2O4. The van der Waals surface area contributed by atoms with Crippen molar-refractivity contribution < 1.29 is 19.7 Å². The van der Waals surface area contributed by atoms with Crippen LogP contribution >= 0.6 is 11.6 Å². The van der Waals surface area contributed by atoms with Crippen LogP contribution in [0.2, 0.25) is 0 Å². The molecule has 0 aromatic heterocycles. The molecule has 0 radical (unpaired) electrons. The fourth-order valence-electron chi connectivity index (χ4n) is 1.82. The van der Waals surface area contributed by atoms with E-state index < -0.39 is 5.91 Å². The van der Waals surface area contributed by atoms with Crippen molar-refractivity contribution in [1.82, 2.24) is 5.32 Å². The van der Waals surface area contributed by atoms with Gasteiger partial charge in [0.05, 0.1) is 0 Å². The number of nitrogens with one attached hydrogen (secondary N) is 1. The first-order chi connectivity index (χ1) is 10.7. The summed E-state index contributed by atoms with van der Waals surface area (Å²) in [4.78, 5) is 12.1. The molecule has 0 atom stereocenters. The van der Waals surface area contributed by atoms with Crippen LogP contribution in [-0.2, 0) is 11.3 Å². The van der Waals surface area contributed by atoms with Gasteiger partial charge < -0.3 is 25.5 Å². The van der Waals surface area contributed by atoms with E-state index in [-0.39, 0.29) is 24.1 Å². The second-order valence-corrected chi connectivity index (χ2v) is 4.75. The quantitative estimate of drug-likeness (QED) is 0.357. The highest BCUT2D eigenvalue weighted by molar-refractivity contribution is 6.30. The largest absolute Gasteiger partial charge is 0.630 e. The summed E-state index contributed by atoms with van der Waals surface area (Å²) in [5.74, 6) is 0.862. The number of nitrogens with two attached hydrogens (primary N) is 1. The molecule has 1 amide bonds. The summed E-state index contributed by atoms with van der Waals surface area (Å²) in [5.41, 5.74) is 1.34. The van der Waals surface area contributed by atoms with E-state index in [1.54, 1.807) is 12.1 Å². The normalized spacial score (nSPS) is 13.9. The number of quaternary nitrogens is 1. The third kappa shape index (κ3) is 3.88. The van der Waals surface area contributed by atoms with Crippen molar-refractivity contribution in [3.05, 3.63) is 64.5 Å². The lowest BCUT2D eigenvalue weighted by atomic mass is 10.2. The summed E-state index contributed by atoms with van der Waals surface area (Å²) in [5, 5.41) is 13.3. The van der Waals surface area contributed by atoms with Gasteiger partial charge in [0.25, 0.3) is 5.91 Å². The standard InChI is InChI=1S/C15H15ClN2O4/c1-2-3-4-11(14(16)18-20)15(19)17-8-10-5-6-12-13(7-10)22-9-21-12/h2-7H,1,8-9,18H2,(H,17,19). The lowest BCUT2D eigenvalue weighted by molar-refractivity contribution is -0.524. The van der Waals surface area contributed by atoms with E-state index >= 15 is 0 Å². The summed E-state index contributed by atoms with van der Waals surface area (Å²) in [6.45, 7) is 3.97. The molecule has 0 fully saturated rings. The molecule has 1 aromatic carbocycles. The zero-order valence-electron chi connectivity index (χ0n) is 11.7. The Morgan fingerprint density at radius 2 is 2.23 bits per heavy atom. The lowest BCUT2D eigenvalue weighted by Crippen LogP contribution is -2.74. The van der Waals surface area contributed by atoms with Gasteiger partial charge in [0, 0.05) is 6.54 Å². The van der Waals surface area contributed by atoms with E-state index in [4.69, 9.17) is 21.1 Å². The van der Waals surface area contributed by atoms with Gasteiger partial charge in [0.1, 0.15) is 5.57 Å². The number of benzene rings is 1. The predicted octanol–water partition coefficient (Wildman–Crippen LogP) is 1.29. The fourth-order valence-corrected chi connectivity index (χ4v) is 1.97. The fraction of sp³-hybridized carbons (Fsp3) is 0.133. The first kappa shape index (κ1) is 16.1. The van der Waals surface area contributed by atoms with Crippen molar-refractivity contribution in [1.29, 1.82) is 0 Å². The van der Waals surface area contributed by atoms with E-state index in [1.807, 2.05) is 6.07 Å². The van der Waals surface area contributed by atoms with Crippen LogP contribution in [0, 0.1) is 5.21 Å². The molecule has 0 aliphatic carbocycles. The molecular weight excluding hydrogens is 308 g/mol. The molecule has 0 unspecified atom stereocenters. The number of hydroxylamine groups is 1. The average Bonchev–Trinajstić information content (AvgIpc) is 3.00. The van der Waals surface area contributed by atoms with Crippen molar-refractivity contribution >= 4 is 17.5 Å². The summed E-state index contributed by atoms with van der Waals surface area (Å²) in [7, 11) is 0. The monoisotopic (exact) mass is 322 g/mol. The molecule has 6 nitrogen and oxygen atoms in total. The van der Waals surface area contributed by atoms with Gasteiger partial charge in [-0.3, -0.25) is 4.79 Å². The molecule has 2 rings (SSSR count). The number of rotatable bonds is 6. The molecule has 3 N–H and O–H groups in total. The summed E-state index contributed by atoms with van der Waals surface area (Å²) in [6.07, 6.45) is 4.44. The SMILES string of the molecule is C=CC=CC(C(=O)NCc1ccc2c(c1)OCO2)=C(Cl)[NH2+][O-]. The summed E-state index contributed by atoms with van der Waals surface area (Å²) < 4.78 is 10.5. The molecule has 1 aliphatic heterocycles. The maximum absolute atomic E-state index is 12.1. The van der Waals surface area contributed by atoms with Crippen LogP contribution in [0.3, 0.4) is 0 Å². The van der Waals surface area contributed by atoms with E-state index in [1.165, 1.54) is 18.2 Å². The Morgan fingerprint density at radius 3 is 2.95 bits per heavy atom. The number of carbonyl (C=O) groups is 1. The van der Waals surface area contributed by atoms with Gasteiger partial charge in [-0.15, -0.1) is 0 Å². The lowest BCUT2D eigenvalue weighted by Gasteiger charge is -2.08. The summed E-state index contributed by atoms with van der Waals surface area (Å²) >= 11 is 5.75. The highest BCUT2D eigenvalue weighted by Crippen LogP contribution is 2.32. The van der Waals surface area contributed by atoms with Crippen LogP contribution in [-0.4, -0.2) is 12.7 Å². The summed E-state index contributed by atoms with van der Waals surface area (Å²) in [6, 6.07) is 5.38. The zero-order valence-corrected chi connectivity index (χ0v) is 12.4. The minimum Gasteiger partial charge on any atom is -0.630 e. The minimum absolute atomic E-state index is 0.0808. The number of amides is 1. The van der Waals surface area contributed by atoms with Crippen LogP contribution in [0.15, 0.2) is 53.7 Å². The minimum atomic E-state index is -0.451. The number of ether oxygens (including phenoxy) is 2. The molecule has 0 spiro atoms. The Kier molecular flexibility index (Phi) is 5.60. The van der Waals surface area contributed by atoms with Crippen LogP contribution in [0.5, 0.6) is 11.5 Å². The Morgan fingerprint density at radius 1 is 1.45 bits per heavy atom. The zero-order chi connectivity index (χ0) is 15.9. The first-order valence-electron chi connectivity index (χ1n) is 6.46. The predicted molar refractivity (Wildman–Crippen MR) is 81.9 cm³/mol. The van der Waals surface area contributed by atoms with E-state index in [0.29, 0.717) is 17.0 Å². The number of fused-ring (bicyclic) bond motifs is 1. The Balaban J connectivity index is 2.04. The number of hydrogen-bond donors (Lipinski definition) is 2. The van der Waals surface area contributed by atoms with Gasteiger partial charge in [-0.05, 0) is 35.4 Å². The van der Waals surface area contributed by atoms with Crippen molar-refractivity contribution in [2.45, 2.75) is 6.54 Å².